The lowest BCUT2D eigenvalue weighted by Crippen LogP contribution is -2.17. The SMILES string of the molecule is CC(=N)Oc1cccc(C2=C(C)c3cc(OC(C)=O)ccc3OC2c2ccc(/C=C/CNCCCCCCCCCF)cc2)c1. The van der Waals surface area contributed by atoms with Crippen molar-refractivity contribution in [3.63, 3.8) is 0 Å². The van der Waals surface area contributed by atoms with Gasteiger partial charge in [0, 0.05) is 31.5 Å². The zero-order valence-electron chi connectivity index (χ0n) is 26.7. The number of carbonyl (C=O) groups is 1. The summed E-state index contributed by atoms with van der Waals surface area (Å²) in [4.78, 5) is 11.6. The standard InChI is InChI=1S/C38H45FN2O4/c1-27-35-26-34(44-29(3)42)20-21-36(35)45-38(37(27)32-14-11-15-33(25-32)43-28(2)40)31-18-16-30(17-19-31)13-12-24-41-23-10-8-6-4-5-7-9-22-39/h11-21,25-26,38,40-41H,4-10,22-24H2,1-3H3/b13-12+,40-28?. The normalized spacial score (nSPS) is 14.3. The molecule has 0 saturated carbocycles. The summed E-state index contributed by atoms with van der Waals surface area (Å²) in [5.41, 5.74) is 5.87. The zero-order valence-corrected chi connectivity index (χ0v) is 26.7. The molecule has 4 rings (SSSR count). The van der Waals surface area contributed by atoms with Crippen LogP contribution in [0.25, 0.3) is 17.2 Å². The third kappa shape index (κ3) is 10.1. The lowest BCUT2D eigenvalue weighted by Gasteiger charge is -2.31. The van der Waals surface area contributed by atoms with Crippen LogP contribution >= 0.6 is 0 Å². The Kier molecular flexibility index (Phi) is 12.9. The Hall–Kier alpha value is -4.23. The highest BCUT2D eigenvalue weighted by Crippen LogP contribution is 2.47. The van der Waals surface area contributed by atoms with E-state index in [0.29, 0.717) is 23.7 Å². The monoisotopic (exact) mass is 612 g/mol. The van der Waals surface area contributed by atoms with Gasteiger partial charge in [-0.05, 0) is 78.9 Å². The molecule has 0 radical (unpaired) electrons. The van der Waals surface area contributed by atoms with Crippen molar-refractivity contribution in [2.24, 2.45) is 0 Å². The molecule has 45 heavy (non-hydrogen) atoms. The Labute approximate surface area is 266 Å². The number of allylic oxidation sites excluding steroid dienone is 1. The van der Waals surface area contributed by atoms with Crippen molar-refractivity contribution in [3.05, 3.63) is 95.1 Å². The summed E-state index contributed by atoms with van der Waals surface area (Å²) >= 11 is 0. The average molecular weight is 613 g/mol. The summed E-state index contributed by atoms with van der Waals surface area (Å²) in [6, 6.07) is 21.5. The number of fused-ring (bicyclic) bond motifs is 1. The number of unbranched alkanes of at least 4 members (excludes halogenated alkanes) is 6. The summed E-state index contributed by atoms with van der Waals surface area (Å²) in [6.07, 6.45) is 11.5. The minimum Gasteiger partial charge on any atom is -0.480 e. The lowest BCUT2D eigenvalue weighted by molar-refractivity contribution is -0.131. The molecule has 0 spiro atoms. The van der Waals surface area contributed by atoms with Crippen molar-refractivity contribution < 1.29 is 23.4 Å². The largest absolute Gasteiger partial charge is 0.480 e. The number of hydrogen-bond acceptors (Lipinski definition) is 6. The van der Waals surface area contributed by atoms with Gasteiger partial charge < -0.3 is 19.5 Å². The second-order valence-electron chi connectivity index (χ2n) is 11.4. The van der Waals surface area contributed by atoms with Gasteiger partial charge in [0.15, 0.2) is 5.90 Å². The fourth-order valence-electron chi connectivity index (χ4n) is 5.56. The van der Waals surface area contributed by atoms with Gasteiger partial charge in [-0.15, -0.1) is 0 Å². The average Bonchev–Trinajstić information content (AvgIpc) is 3.01. The molecular formula is C38H45FN2O4. The molecule has 0 bridgehead atoms. The van der Waals surface area contributed by atoms with E-state index in [2.05, 4.69) is 48.7 Å². The van der Waals surface area contributed by atoms with Gasteiger partial charge in [0.2, 0.25) is 0 Å². The molecule has 1 atom stereocenters. The molecule has 0 amide bonds. The first-order valence-electron chi connectivity index (χ1n) is 15.9. The lowest BCUT2D eigenvalue weighted by atomic mass is 9.86. The molecule has 3 aromatic rings. The Balaban J connectivity index is 1.45. The molecule has 6 nitrogen and oxygen atoms in total. The van der Waals surface area contributed by atoms with Crippen LogP contribution in [0, 0.1) is 5.41 Å². The van der Waals surface area contributed by atoms with E-state index in [1.54, 1.807) is 13.0 Å². The van der Waals surface area contributed by atoms with E-state index in [-0.39, 0.29) is 24.6 Å². The fourth-order valence-corrected chi connectivity index (χ4v) is 5.56. The number of hydrogen-bond donors (Lipinski definition) is 2. The molecule has 1 aliphatic rings. The second kappa shape index (κ2) is 17.3. The number of ether oxygens (including phenoxy) is 3. The highest BCUT2D eigenvalue weighted by atomic mass is 19.1. The fraction of sp³-hybridized carbons (Fsp3) is 0.368. The number of esters is 1. The number of rotatable bonds is 16. The van der Waals surface area contributed by atoms with Crippen molar-refractivity contribution in [1.29, 1.82) is 5.41 Å². The molecule has 3 aromatic carbocycles. The number of nitrogens with one attached hydrogen (secondary N) is 2. The molecule has 0 aliphatic carbocycles. The first-order chi connectivity index (χ1) is 21.9. The second-order valence-corrected chi connectivity index (χ2v) is 11.4. The van der Waals surface area contributed by atoms with Crippen molar-refractivity contribution in [2.45, 2.75) is 71.8 Å². The molecule has 1 unspecified atom stereocenters. The predicted molar refractivity (Wildman–Crippen MR) is 181 cm³/mol. The molecular weight excluding hydrogens is 567 g/mol. The van der Waals surface area contributed by atoms with E-state index in [4.69, 9.17) is 19.6 Å². The van der Waals surface area contributed by atoms with Gasteiger partial charge in [-0.2, -0.15) is 0 Å². The van der Waals surface area contributed by atoms with E-state index in [9.17, 15) is 9.18 Å². The minimum absolute atomic E-state index is 0.113. The molecule has 0 fully saturated rings. The van der Waals surface area contributed by atoms with Gasteiger partial charge in [-0.3, -0.25) is 14.6 Å². The molecule has 1 aliphatic heterocycles. The summed E-state index contributed by atoms with van der Waals surface area (Å²) in [5.74, 6) is 1.50. The van der Waals surface area contributed by atoms with E-state index in [1.807, 2.05) is 36.4 Å². The molecule has 0 aromatic heterocycles. The van der Waals surface area contributed by atoms with Crippen LogP contribution in [0.5, 0.6) is 17.2 Å². The van der Waals surface area contributed by atoms with Crippen LogP contribution in [0.2, 0.25) is 0 Å². The maximum absolute atomic E-state index is 12.1. The van der Waals surface area contributed by atoms with E-state index in [0.717, 1.165) is 65.8 Å². The van der Waals surface area contributed by atoms with Crippen molar-refractivity contribution in [3.8, 4) is 17.2 Å². The van der Waals surface area contributed by atoms with Crippen LogP contribution < -0.4 is 19.5 Å². The van der Waals surface area contributed by atoms with Gasteiger partial charge in [-0.25, -0.2) is 0 Å². The van der Waals surface area contributed by atoms with Crippen LogP contribution in [-0.2, 0) is 4.79 Å². The number of benzene rings is 3. The van der Waals surface area contributed by atoms with Crippen LogP contribution in [0.15, 0.2) is 72.8 Å². The van der Waals surface area contributed by atoms with E-state index >= 15 is 0 Å². The predicted octanol–water partition coefficient (Wildman–Crippen LogP) is 9.36. The molecule has 0 saturated heterocycles. The number of alkyl halides is 1. The Morgan fingerprint density at radius 2 is 1.62 bits per heavy atom. The Morgan fingerprint density at radius 3 is 2.33 bits per heavy atom. The van der Waals surface area contributed by atoms with Crippen molar-refractivity contribution in [2.75, 3.05) is 19.8 Å². The third-order valence-electron chi connectivity index (χ3n) is 7.74. The highest BCUT2D eigenvalue weighted by Gasteiger charge is 2.30. The van der Waals surface area contributed by atoms with Crippen molar-refractivity contribution >= 4 is 29.1 Å². The third-order valence-corrected chi connectivity index (χ3v) is 7.74. The van der Waals surface area contributed by atoms with Crippen molar-refractivity contribution in [1.82, 2.24) is 5.32 Å². The maximum atomic E-state index is 12.1. The molecule has 2 N–H and O–H groups in total. The van der Waals surface area contributed by atoms with Gasteiger partial charge in [0.05, 0.1) is 6.67 Å². The first-order valence-corrected chi connectivity index (χ1v) is 15.9. The van der Waals surface area contributed by atoms with Gasteiger partial charge >= 0.3 is 5.97 Å². The first kappa shape index (κ1) is 33.7. The van der Waals surface area contributed by atoms with Crippen LogP contribution in [0.1, 0.15) is 94.1 Å². The highest BCUT2D eigenvalue weighted by molar-refractivity contribution is 5.96. The van der Waals surface area contributed by atoms with Crippen LogP contribution in [-0.4, -0.2) is 31.6 Å². The van der Waals surface area contributed by atoms with Gasteiger partial charge in [0.25, 0.3) is 0 Å². The van der Waals surface area contributed by atoms with Crippen LogP contribution in [0.3, 0.4) is 0 Å². The summed E-state index contributed by atoms with van der Waals surface area (Å²) in [6.45, 7) is 6.66. The minimum atomic E-state index is -0.378. The van der Waals surface area contributed by atoms with E-state index in [1.165, 1.54) is 26.2 Å². The molecule has 7 heteroatoms. The maximum Gasteiger partial charge on any atom is 0.308 e. The quantitative estimate of drug-likeness (QED) is 0.0554. The zero-order chi connectivity index (χ0) is 32.0. The Morgan fingerprint density at radius 1 is 0.911 bits per heavy atom. The summed E-state index contributed by atoms with van der Waals surface area (Å²) in [7, 11) is 0. The van der Waals surface area contributed by atoms with Gasteiger partial charge in [0.1, 0.15) is 23.4 Å². The van der Waals surface area contributed by atoms with E-state index < -0.39 is 0 Å². The topological polar surface area (TPSA) is 80.6 Å². The summed E-state index contributed by atoms with van der Waals surface area (Å²) < 4.78 is 29.7. The summed E-state index contributed by atoms with van der Waals surface area (Å²) in [5, 5.41) is 11.3. The smallest absolute Gasteiger partial charge is 0.308 e. The molecule has 238 valence electrons. The van der Waals surface area contributed by atoms with Crippen LogP contribution in [0.4, 0.5) is 4.39 Å². The number of carbonyl (C=O) groups excluding carboxylic acids is 1. The number of halogens is 1. The molecule has 1 heterocycles. The van der Waals surface area contributed by atoms with Gasteiger partial charge in [-0.1, -0.05) is 80.7 Å². The Bertz CT molecular complexity index is 1500.